The third-order valence-electron chi connectivity index (χ3n) is 2.85. The predicted octanol–water partition coefficient (Wildman–Crippen LogP) is 1.13. The third kappa shape index (κ3) is 2.05. The summed E-state index contributed by atoms with van der Waals surface area (Å²) in [6, 6.07) is 8.37. The Bertz CT molecular complexity index is 850. The van der Waals surface area contributed by atoms with Gasteiger partial charge in [-0.2, -0.15) is 5.10 Å². The molecule has 7 heteroatoms. The van der Waals surface area contributed by atoms with Crippen LogP contribution in [0.1, 0.15) is 16.2 Å². The number of aromatic carboxylic acids is 1. The maximum Gasteiger partial charge on any atom is 0.358 e. The molecule has 2 heterocycles. The average molecular weight is 271 g/mol. The summed E-state index contributed by atoms with van der Waals surface area (Å²) < 4.78 is 6.07. The quantitative estimate of drug-likeness (QED) is 0.766. The van der Waals surface area contributed by atoms with Crippen LogP contribution < -0.4 is 5.56 Å². The fraction of sp³-hybridized carbons (Fsp3) is 0.0769. The summed E-state index contributed by atoms with van der Waals surface area (Å²) in [6.07, 6.45) is 1.57. The zero-order valence-corrected chi connectivity index (χ0v) is 10.2. The van der Waals surface area contributed by atoms with Crippen LogP contribution in [0, 0.1) is 0 Å². The number of carboxylic acids is 1. The minimum atomic E-state index is -1.18. The smallest absolute Gasteiger partial charge is 0.358 e. The Balaban J connectivity index is 2.00. The van der Waals surface area contributed by atoms with E-state index in [1.54, 1.807) is 24.4 Å². The lowest BCUT2D eigenvalue weighted by Crippen LogP contribution is -2.23. The minimum Gasteiger partial charge on any atom is -0.476 e. The van der Waals surface area contributed by atoms with Crippen molar-refractivity contribution < 1.29 is 14.4 Å². The van der Waals surface area contributed by atoms with Crippen molar-refractivity contribution in [3.63, 3.8) is 0 Å². The van der Waals surface area contributed by atoms with Crippen LogP contribution in [0.15, 0.2) is 45.8 Å². The second-order valence-corrected chi connectivity index (χ2v) is 4.18. The topological polar surface area (TPSA) is 98.2 Å². The number of carboxylic acid groups (broad SMARTS) is 1. The summed E-state index contributed by atoms with van der Waals surface area (Å²) in [7, 11) is 0. The maximum atomic E-state index is 12.2. The van der Waals surface area contributed by atoms with Gasteiger partial charge in [0.05, 0.1) is 11.6 Å². The Morgan fingerprint density at radius 1 is 1.35 bits per heavy atom. The second kappa shape index (κ2) is 4.61. The molecule has 0 aliphatic rings. The largest absolute Gasteiger partial charge is 0.476 e. The number of fused-ring (bicyclic) bond motifs is 1. The molecule has 0 aliphatic carbocycles. The average Bonchev–Trinajstić information content (AvgIpc) is 2.91. The summed E-state index contributed by atoms with van der Waals surface area (Å²) in [5.74, 6) is -0.925. The van der Waals surface area contributed by atoms with Crippen LogP contribution in [0.3, 0.4) is 0 Å². The summed E-state index contributed by atoms with van der Waals surface area (Å²) >= 11 is 0. The van der Waals surface area contributed by atoms with Crippen molar-refractivity contribution in [3.05, 3.63) is 58.3 Å². The first-order valence-corrected chi connectivity index (χ1v) is 5.79. The van der Waals surface area contributed by atoms with Crippen molar-refractivity contribution >= 4 is 16.7 Å². The van der Waals surface area contributed by atoms with Crippen LogP contribution in [0.25, 0.3) is 10.8 Å². The number of rotatable bonds is 3. The van der Waals surface area contributed by atoms with Crippen molar-refractivity contribution in [1.82, 2.24) is 14.9 Å². The molecule has 0 unspecified atom stereocenters. The molecule has 2 aromatic heterocycles. The summed E-state index contributed by atoms with van der Waals surface area (Å²) in [5.41, 5.74) is -0.467. The highest BCUT2D eigenvalue weighted by Gasteiger charge is 2.12. The molecule has 7 nitrogen and oxygen atoms in total. The van der Waals surface area contributed by atoms with Gasteiger partial charge >= 0.3 is 5.97 Å². The minimum absolute atomic E-state index is 0.0317. The molecule has 0 spiro atoms. The number of aromatic nitrogens is 3. The van der Waals surface area contributed by atoms with Gasteiger partial charge in [0.2, 0.25) is 0 Å². The first-order chi connectivity index (χ1) is 9.65. The first kappa shape index (κ1) is 12.1. The summed E-state index contributed by atoms with van der Waals surface area (Å²) in [6.45, 7) is 0.0317. The zero-order valence-electron chi connectivity index (χ0n) is 10.2. The fourth-order valence-electron chi connectivity index (χ4n) is 1.88. The van der Waals surface area contributed by atoms with E-state index in [0.717, 1.165) is 5.39 Å². The molecule has 3 aromatic rings. The third-order valence-corrected chi connectivity index (χ3v) is 2.85. The van der Waals surface area contributed by atoms with Crippen molar-refractivity contribution in [1.29, 1.82) is 0 Å². The molecule has 1 N–H and O–H groups in total. The lowest BCUT2D eigenvalue weighted by Gasteiger charge is -2.02. The van der Waals surface area contributed by atoms with Crippen LogP contribution >= 0.6 is 0 Å². The highest BCUT2D eigenvalue weighted by atomic mass is 16.5. The standard InChI is InChI=1S/C13H9N3O4/c17-12-10-4-2-1-3-8(10)6-14-16(12)7-9-5-11(13(18)19)15-20-9/h1-6H,7H2,(H,18,19). The van der Waals surface area contributed by atoms with Crippen LogP contribution in [0.5, 0.6) is 0 Å². The van der Waals surface area contributed by atoms with Gasteiger partial charge in [-0.1, -0.05) is 23.4 Å². The molecule has 0 saturated heterocycles. The van der Waals surface area contributed by atoms with Gasteiger partial charge in [-0.3, -0.25) is 4.79 Å². The monoisotopic (exact) mass is 271 g/mol. The van der Waals surface area contributed by atoms with Gasteiger partial charge in [0.25, 0.3) is 5.56 Å². The number of nitrogens with zero attached hydrogens (tertiary/aromatic N) is 3. The van der Waals surface area contributed by atoms with Gasteiger partial charge in [0, 0.05) is 11.5 Å². The first-order valence-electron chi connectivity index (χ1n) is 5.79. The van der Waals surface area contributed by atoms with E-state index < -0.39 is 5.97 Å². The van der Waals surface area contributed by atoms with Crippen LogP contribution in [-0.4, -0.2) is 26.0 Å². The van der Waals surface area contributed by atoms with E-state index in [9.17, 15) is 9.59 Å². The Kier molecular flexibility index (Phi) is 2.79. The molecule has 20 heavy (non-hydrogen) atoms. The van der Waals surface area contributed by atoms with Crippen molar-refractivity contribution in [2.45, 2.75) is 6.54 Å². The molecule has 1 aromatic carbocycles. The highest BCUT2D eigenvalue weighted by Crippen LogP contribution is 2.08. The van der Waals surface area contributed by atoms with Crippen molar-refractivity contribution in [2.24, 2.45) is 0 Å². The van der Waals surface area contributed by atoms with Gasteiger partial charge in [0.15, 0.2) is 11.5 Å². The molecule has 0 amide bonds. The van der Waals surface area contributed by atoms with E-state index >= 15 is 0 Å². The molecule has 100 valence electrons. The van der Waals surface area contributed by atoms with Crippen molar-refractivity contribution in [2.75, 3.05) is 0 Å². The highest BCUT2D eigenvalue weighted by molar-refractivity contribution is 5.85. The SMILES string of the molecule is O=C(O)c1cc(Cn2ncc3ccccc3c2=O)on1. The van der Waals surface area contributed by atoms with Crippen molar-refractivity contribution in [3.8, 4) is 0 Å². The molecule has 3 rings (SSSR count). The van der Waals surface area contributed by atoms with E-state index in [2.05, 4.69) is 10.3 Å². The molecule has 0 atom stereocenters. The maximum absolute atomic E-state index is 12.2. The van der Waals surface area contributed by atoms with Crippen LogP contribution in [0.4, 0.5) is 0 Å². The molecular weight excluding hydrogens is 262 g/mol. The molecule has 0 radical (unpaired) electrons. The number of hydrogen-bond donors (Lipinski definition) is 1. The van der Waals surface area contributed by atoms with E-state index in [-0.39, 0.29) is 23.6 Å². The Morgan fingerprint density at radius 3 is 2.90 bits per heavy atom. The van der Waals surface area contributed by atoms with Gasteiger partial charge < -0.3 is 9.63 Å². The Labute approximate surface area is 112 Å². The lowest BCUT2D eigenvalue weighted by atomic mass is 10.2. The molecule has 0 saturated carbocycles. The molecular formula is C13H9N3O4. The van der Waals surface area contributed by atoms with Gasteiger partial charge in [-0.25, -0.2) is 9.48 Å². The summed E-state index contributed by atoms with van der Waals surface area (Å²) in [5, 5.41) is 17.5. The predicted molar refractivity (Wildman–Crippen MR) is 68.6 cm³/mol. The van der Waals surface area contributed by atoms with Gasteiger partial charge in [-0.15, -0.1) is 0 Å². The fourth-order valence-corrected chi connectivity index (χ4v) is 1.88. The van der Waals surface area contributed by atoms with Gasteiger partial charge in [0.1, 0.15) is 6.54 Å². The van der Waals surface area contributed by atoms with Crippen LogP contribution in [0.2, 0.25) is 0 Å². The molecule has 0 aliphatic heterocycles. The number of benzene rings is 1. The lowest BCUT2D eigenvalue weighted by molar-refractivity contribution is 0.0685. The van der Waals surface area contributed by atoms with E-state index in [4.69, 9.17) is 9.63 Å². The summed E-state index contributed by atoms with van der Waals surface area (Å²) in [4.78, 5) is 22.9. The van der Waals surface area contributed by atoms with Crippen LogP contribution in [-0.2, 0) is 6.54 Å². The van der Waals surface area contributed by atoms with E-state index in [1.807, 2.05) is 6.07 Å². The number of carbonyl (C=O) groups is 1. The molecule has 0 fully saturated rings. The van der Waals surface area contributed by atoms with Gasteiger partial charge in [-0.05, 0) is 6.07 Å². The second-order valence-electron chi connectivity index (χ2n) is 4.18. The molecule has 0 bridgehead atoms. The van der Waals surface area contributed by atoms with E-state index in [1.165, 1.54) is 10.7 Å². The van der Waals surface area contributed by atoms with E-state index in [0.29, 0.717) is 5.39 Å². The Hall–Kier alpha value is -2.96. The zero-order chi connectivity index (χ0) is 14.1. The number of hydrogen-bond acceptors (Lipinski definition) is 5. The normalized spacial score (nSPS) is 10.8. The Morgan fingerprint density at radius 2 is 2.15 bits per heavy atom.